The van der Waals surface area contributed by atoms with Crippen molar-refractivity contribution in [1.82, 2.24) is 15.5 Å². The average molecular weight is 422 g/mol. The molecule has 0 aromatic carbocycles. The summed E-state index contributed by atoms with van der Waals surface area (Å²) in [4.78, 5) is 50.7. The first-order valence-electron chi connectivity index (χ1n) is 10.1. The van der Waals surface area contributed by atoms with E-state index < -0.39 is 24.5 Å². The molecule has 1 aromatic rings. The third kappa shape index (κ3) is 6.28. The Hall–Kier alpha value is -2.42. The highest BCUT2D eigenvalue weighted by Gasteiger charge is 2.29. The van der Waals surface area contributed by atoms with Gasteiger partial charge in [0.25, 0.3) is 11.8 Å². The van der Waals surface area contributed by atoms with Crippen LogP contribution < -0.4 is 10.6 Å². The first-order chi connectivity index (χ1) is 14.0. The van der Waals surface area contributed by atoms with E-state index in [4.69, 9.17) is 4.74 Å². The molecule has 0 bridgehead atoms. The number of piperidine rings is 1. The molecule has 4 amide bonds. The zero-order valence-electron chi connectivity index (χ0n) is 16.4. The summed E-state index contributed by atoms with van der Waals surface area (Å²) >= 11 is 1.40. The van der Waals surface area contributed by atoms with Crippen molar-refractivity contribution in [3.8, 4) is 0 Å². The van der Waals surface area contributed by atoms with E-state index >= 15 is 0 Å². The van der Waals surface area contributed by atoms with Crippen LogP contribution in [0.5, 0.6) is 0 Å². The van der Waals surface area contributed by atoms with Crippen molar-refractivity contribution in [2.45, 2.75) is 51.0 Å². The molecule has 2 fully saturated rings. The lowest BCUT2D eigenvalue weighted by Crippen LogP contribution is -2.46. The Balaban J connectivity index is 1.33. The maximum atomic E-state index is 12.3. The second-order valence-electron chi connectivity index (χ2n) is 7.51. The molecule has 158 valence electrons. The summed E-state index contributed by atoms with van der Waals surface area (Å²) in [5, 5.41) is 6.84. The lowest BCUT2D eigenvalue weighted by atomic mass is 9.96. The Morgan fingerprint density at radius 3 is 2.45 bits per heavy atom. The maximum Gasteiger partial charge on any atom is 0.321 e. The molecule has 0 radical (unpaired) electrons. The summed E-state index contributed by atoms with van der Waals surface area (Å²) < 4.78 is 5.07. The smallest absolute Gasteiger partial charge is 0.321 e. The molecule has 3 rings (SSSR count). The van der Waals surface area contributed by atoms with Crippen molar-refractivity contribution in [3.63, 3.8) is 0 Å². The van der Waals surface area contributed by atoms with Gasteiger partial charge in [-0.3, -0.25) is 19.7 Å². The summed E-state index contributed by atoms with van der Waals surface area (Å²) in [6.45, 7) is 0.476. The number of imide groups is 1. The standard InChI is InChI=1S/C20H27N3O5S/c24-17(22-20(27)21-15-5-2-1-3-6-15)13-28-19(26)14-8-10-23(11-9-14)18(25)16-7-4-12-29-16/h4,7,12,14-15H,1-3,5-6,8-11,13H2,(H2,21,22,24,27). The quantitative estimate of drug-likeness (QED) is 0.710. The number of nitrogens with one attached hydrogen (secondary N) is 2. The van der Waals surface area contributed by atoms with Crippen LogP contribution in [0, 0.1) is 5.92 Å². The van der Waals surface area contributed by atoms with Crippen LogP contribution in [0.3, 0.4) is 0 Å². The van der Waals surface area contributed by atoms with Gasteiger partial charge >= 0.3 is 12.0 Å². The number of rotatable bonds is 5. The summed E-state index contributed by atoms with van der Waals surface area (Å²) in [6.07, 6.45) is 6.17. The van der Waals surface area contributed by atoms with Crippen LogP contribution in [0.1, 0.15) is 54.6 Å². The Bertz CT molecular complexity index is 722. The summed E-state index contributed by atoms with van der Waals surface area (Å²) in [7, 11) is 0. The lowest BCUT2D eigenvalue weighted by Gasteiger charge is -2.30. The van der Waals surface area contributed by atoms with Gasteiger partial charge in [0.2, 0.25) is 0 Å². The summed E-state index contributed by atoms with van der Waals surface area (Å²) in [5.74, 6) is -1.46. The molecule has 2 aliphatic rings. The van der Waals surface area contributed by atoms with Crippen LogP contribution in [0.15, 0.2) is 17.5 Å². The first kappa shape index (κ1) is 21.3. The number of carbonyl (C=O) groups excluding carboxylic acids is 4. The van der Waals surface area contributed by atoms with E-state index in [-0.39, 0.29) is 17.9 Å². The normalized spacial score (nSPS) is 18.1. The summed E-state index contributed by atoms with van der Waals surface area (Å²) in [5.41, 5.74) is 0. The van der Waals surface area contributed by atoms with Crippen molar-refractivity contribution >= 4 is 35.2 Å². The molecule has 29 heavy (non-hydrogen) atoms. The van der Waals surface area contributed by atoms with Crippen LogP contribution in [-0.4, -0.2) is 54.5 Å². The predicted molar refractivity (Wildman–Crippen MR) is 107 cm³/mol. The average Bonchev–Trinajstić information content (AvgIpc) is 3.27. The van der Waals surface area contributed by atoms with Gasteiger partial charge in [0.1, 0.15) is 0 Å². The molecule has 9 heteroatoms. The molecule has 0 unspecified atom stereocenters. The van der Waals surface area contributed by atoms with Crippen LogP contribution >= 0.6 is 11.3 Å². The number of nitrogens with zero attached hydrogens (tertiary/aromatic N) is 1. The second-order valence-corrected chi connectivity index (χ2v) is 8.46. The molecule has 1 aliphatic heterocycles. The number of thiophene rings is 1. The lowest BCUT2D eigenvalue weighted by molar-refractivity contribution is -0.153. The van der Waals surface area contributed by atoms with E-state index in [2.05, 4.69) is 10.6 Å². The van der Waals surface area contributed by atoms with Gasteiger partial charge in [-0.25, -0.2) is 4.79 Å². The molecule has 2 N–H and O–H groups in total. The molecule has 1 saturated carbocycles. The van der Waals surface area contributed by atoms with Crippen LogP contribution in [-0.2, 0) is 14.3 Å². The molecular weight excluding hydrogens is 394 g/mol. The first-order valence-corrected chi connectivity index (χ1v) is 11.0. The highest BCUT2D eigenvalue weighted by Crippen LogP contribution is 2.22. The number of esters is 1. The van der Waals surface area contributed by atoms with E-state index in [9.17, 15) is 19.2 Å². The molecule has 1 saturated heterocycles. The fraction of sp³-hybridized carbons (Fsp3) is 0.600. The molecule has 1 aliphatic carbocycles. The minimum absolute atomic E-state index is 0.0184. The molecule has 0 spiro atoms. The highest BCUT2D eigenvalue weighted by atomic mass is 32.1. The zero-order valence-corrected chi connectivity index (χ0v) is 17.2. The number of hydrogen-bond acceptors (Lipinski definition) is 6. The molecule has 0 atom stereocenters. The number of urea groups is 1. The number of amides is 4. The van der Waals surface area contributed by atoms with Gasteiger partial charge in [-0.15, -0.1) is 11.3 Å². The van der Waals surface area contributed by atoms with E-state index in [1.54, 1.807) is 11.0 Å². The van der Waals surface area contributed by atoms with Crippen molar-refractivity contribution in [1.29, 1.82) is 0 Å². The Kier molecular flexibility index (Phi) is 7.62. The monoisotopic (exact) mass is 421 g/mol. The number of hydrogen-bond donors (Lipinski definition) is 2. The predicted octanol–water partition coefficient (Wildman–Crippen LogP) is 2.30. The van der Waals surface area contributed by atoms with E-state index in [0.717, 1.165) is 25.7 Å². The Morgan fingerprint density at radius 2 is 1.79 bits per heavy atom. The minimum Gasteiger partial charge on any atom is -0.455 e. The minimum atomic E-state index is -0.642. The van der Waals surface area contributed by atoms with E-state index in [1.807, 2.05) is 11.4 Å². The highest BCUT2D eigenvalue weighted by molar-refractivity contribution is 7.12. The maximum absolute atomic E-state index is 12.3. The van der Waals surface area contributed by atoms with Gasteiger partial charge < -0.3 is 15.0 Å². The van der Waals surface area contributed by atoms with Crippen LogP contribution in [0.2, 0.25) is 0 Å². The number of carbonyl (C=O) groups is 4. The van der Waals surface area contributed by atoms with Gasteiger partial charge in [0, 0.05) is 19.1 Å². The van der Waals surface area contributed by atoms with E-state index in [0.29, 0.717) is 30.8 Å². The van der Waals surface area contributed by atoms with Crippen molar-refractivity contribution < 1.29 is 23.9 Å². The topological polar surface area (TPSA) is 105 Å². The third-order valence-corrected chi connectivity index (χ3v) is 6.24. The van der Waals surface area contributed by atoms with Gasteiger partial charge in [0.15, 0.2) is 6.61 Å². The van der Waals surface area contributed by atoms with Crippen LogP contribution in [0.4, 0.5) is 4.79 Å². The van der Waals surface area contributed by atoms with Gasteiger partial charge in [-0.2, -0.15) is 0 Å². The Labute approximate surface area is 174 Å². The number of likely N-dealkylation sites (tertiary alicyclic amines) is 1. The van der Waals surface area contributed by atoms with Crippen LogP contribution in [0.25, 0.3) is 0 Å². The SMILES string of the molecule is O=C(COC(=O)C1CCN(C(=O)c2cccs2)CC1)NC(=O)NC1CCCCC1. The summed E-state index contributed by atoms with van der Waals surface area (Å²) in [6, 6.07) is 3.18. The van der Waals surface area contributed by atoms with Gasteiger partial charge in [0.05, 0.1) is 10.8 Å². The molecule has 8 nitrogen and oxygen atoms in total. The fourth-order valence-corrected chi connectivity index (χ4v) is 4.45. The van der Waals surface area contributed by atoms with Crippen molar-refractivity contribution in [3.05, 3.63) is 22.4 Å². The third-order valence-electron chi connectivity index (χ3n) is 5.39. The van der Waals surface area contributed by atoms with Crippen molar-refractivity contribution in [2.75, 3.05) is 19.7 Å². The van der Waals surface area contributed by atoms with Gasteiger partial charge in [-0.1, -0.05) is 25.3 Å². The zero-order chi connectivity index (χ0) is 20.6. The van der Waals surface area contributed by atoms with E-state index in [1.165, 1.54) is 17.8 Å². The number of ether oxygens (including phenoxy) is 1. The molecule has 2 heterocycles. The van der Waals surface area contributed by atoms with Gasteiger partial charge in [-0.05, 0) is 37.1 Å². The molecule has 1 aromatic heterocycles. The largest absolute Gasteiger partial charge is 0.455 e. The Morgan fingerprint density at radius 1 is 1.07 bits per heavy atom. The molecular formula is C20H27N3O5S. The van der Waals surface area contributed by atoms with Crippen molar-refractivity contribution in [2.24, 2.45) is 5.92 Å². The fourth-order valence-electron chi connectivity index (χ4n) is 3.76. The second kappa shape index (κ2) is 10.4.